The van der Waals surface area contributed by atoms with Gasteiger partial charge >= 0.3 is 0 Å². The summed E-state index contributed by atoms with van der Waals surface area (Å²) in [6.07, 6.45) is 5.61. The third-order valence-electron chi connectivity index (χ3n) is 6.54. The summed E-state index contributed by atoms with van der Waals surface area (Å²) < 4.78 is 14.0. The fraction of sp³-hybridized carbons (Fsp3) is 0.652. The average Bonchev–Trinajstić information content (AvgIpc) is 3.27. The molecule has 0 spiro atoms. The molecule has 0 radical (unpaired) electrons. The predicted octanol–water partition coefficient (Wildman–Crippen LogP) is 3.30. The van der Waals surface area contributed by atoms with Crippen LogP contribution in [0.3, 0.4) is 0 Å². The Hall–Kier alpha value is -1.95. The summed E-state index contributed by atoms with van der Waals surface area (Å²) in [5.41, 5.74) is 0.125. The third-order valence-corrected chi connectivity index (χ3v) is 6.54. The van der Waals surface area contributed by atoms with Gasteiger partial charge in [0.2, 0.25) is 5.91 Å². The lowest BCUT2D eigenvalue weighted by atomic mass is 9.94. The first kappa shape index (κ1) is 21.8. The molecule has 5 nitrogen and oxygen atoms in total. The summed E-state index contributed by atoms with van der Waals surface area (Å²) in [6.45, 7) is 7.35. The van der Waals surface area contributed by atoms with Crippen LogP contribution in [-0.2, 0) is 4.79 Å². The van der Waals surface area contributed by atoms with Gasteiger partial charge in [0.15, 0.2) is 0 Å². The lowest BCUT2D eigenvalue weighted by Crippen LogP contribution is -2.58. The average molecular weight is 404 g/mol. The number of hydrogen-bond acceptors (Lipinski definition) is 3. The molecule has 1 saturated carbocycles. The van der Waals surface area contributed by atoms with Gasteiger partial charge in [-0.2, -0.15) is 0 Å². The molecule has 1 aliphatic carbocycles. The third kappa shape index (κ3) is 5.35. The number of hydrogen-bond donors (Lipinski definition) is 1. The standard InChI is InChI=1S/C23H34FN3O2/c1-3-17(2)16-25-22(28)21(18-8-4-5-9-18)26-12-14-27(15-13-26)23(29)19-10-6-7-11-20(19)24/h6-7,10-11,17-18,21H,3-5,8-9,12-16H2,1-2H3,(H,25,28)/t17-,21-/m1/s1. The van der Waals surface area contributed by atoms with E-state index in [0.717, 1.165) is 19.3 Å². The first-order chi connectivity index (χ1) is 14.0. The second-order valence-corrected chi connectivity index (χ2v) is 8.56. The Morgan fingerprint density at radius 2 is 1.79 bits per heavy atom. The van der Waals surface area contributed by atoms with Gasteiger partial charge in [0.1, 0.15) is 5.82 Å². The Balaban J connectivity index is 1.62. The highest BCUT2D eigenvalue weighted by atomic mass is 19.1. The summed E-state index contributed by atoms with van der Waals surface area (Å²) in [7, 11) is 0. The van der Waals surface area contributed by atoms with Crippen LogP contribution in [0.2, 0.25) is 0 Å². The van der Waals surface area contributed by atoms with Gasteiger partial charge in [-0.1, -0.05) is 45.2 Å². The SMILES string of the molecule is CC[C@@H](C)CNC(=O)[C@@H](C1CCCC1)N1CCN(C(=O)c2ccccc2F)CC1. The number of rotatable bonds is 7. The van der Waals surface area contributed by atoms with Gasteiger partial charge < -0.3 is 10.2 Å². The largest absolute Gasteiger partial charge is 0.354 e. The van der Waals surface area contributed by atoms with E-state index >= 15 is 0 Å². The van der Waals surface area contributed by atoms with Crippen molar-refractivity contribution in [2.45, 2.75) is 52.0 Å². The van der Waals surface area contributed by atoms with Gasteiger partial charge in [0.05, 0.1) is 11.6 Å². The Bertz CT molecular complexity index is 697. The van der Waals surface area contributed by atoms with E-state index in [9.17, 15) is 14.0 Å². The van der Waals surface area contributed by atoms with Crippen molar-refractivity contribution in [3.8, 4) is 0 Å². The maximum absolute atomic E-state index is 14.0. The molecule has 1 N–H and O–H groups in total. The van der Waals surface area contributed by atoms with Crippen molar-refractivity contribution < 1.29 is 14.0 Å². The molecule has 0 unspecified atom stereocenters. The van der Waals surface area contributed by atoms with Crippen LogP contribution in [0.25, 0.3) is 0 Å². The number of nitrogens with one attached hydrogen (secondary N) is 1. The normalized spacial score (nSPS) is 20.4. The van der Waals surface area contributed by atoms with Gasteiger partial charge in [-0.05, 0) is 36.8 Å². The van der Waals surface area contributed by atoms with Crippen LogP contribution >= 0.6 is 0 Å². The number of benzene rings is 1. The molecule has 0 bridgehead atoms. The maximum atomic E-state index is 14.0. The van der Waals surface area contributed by atoms with E-state index in [1.807, 2.05) is 0 Å². The van der Waals surface area contributed by atoms with Crippen molar-refractivity contribution in [2.24, 2.45) is 11.8 Å². The zero-order valence-electron chi connectivity index (χ0n) is 17.7. The van der Waals surface area contributed by atoms with Crippen LogP contribution in [0, 0.1) is 17.7 Å². The van der Waals surface area contributed by atoms with Crippen molar-refractivity contribution in [3.05, 3.63) is 35.6 Å². The van der Waals surface area contributed by atoms with E-state index in [1.165, 1.54) is 25.0 Å². The molecule has 3 rings (SSSR count). The van der Waals surface area contributed by atoms with E-state index in [0.29, 0.717) is 44.6 Å². The molecule has 2 fully saturated rings. The van der Waals surface area contributed by atoms with Crippen molar-refractivity contribution in [1.29, 1.82) is 0 Å². The smallest absolute Gasteiger partial charge is 0.256 e. The van der Waals surface area contributed by atoms with E-state index < -0.39 is 5.82 Å². The number of nitrogens with zero attached hydrogens (tertiary/aromatic N) is 2. The van der Waals surface area contributed by atoms with Crippen LogP contribution in [0.15, 0.2) is 24.3 Å². The molecule has 29 heavy (non-hydrogen) atoms. The summed E-state index contributed by atoms with van der Waals surface area (Å²) in [6, 6.07) is 6.01. The quantitative estimate of drug-likeness (QED) is 0.760. The van der Waals surface area contributed by atoms with E-state index in [-0.39, 0.29) is 23.4 Å². The number of carbonyl (C=O) groups excluding carboxylic acids is 2. The van der Waals surface area contributed by atoms with Crippen LogP contribution in [0.4, 0.5) is 4.39 Å². The van der Waals surface area contributed by atoms with Crippen molar-refractivity contribution in [1.82, 2.24) is 15.1 Å². The molecule has 2 atom stereocenters. The molecular weight excluding hydrogens is 369 g/mol. The van der Waals surface area contributed by atoms with Crippen LogP contribution in [0.5, 0.6) is 0 Å². The fourth-order valence-corrected chi connectivity index (χ4v) is 4.48. The first-order valence-corrected chi connectivity index (χ1v) is 11.1. The van der Waals surface area contributed by atoms with E-state index in [2.05, 4.69) is 24.1 Å². The monoisotopic (exact) mass is 403 g/mol. The second kappa shape index (κ2) is 10.2. The molecule has 2 amide bonds. The van der Waals surface area contributed by atoms with Crippen LogP contribution < -0.4 is 5.32 Å². The van der Waals surface area contributed by atoms with Gasteiger partial charge in [0.25, 0.3) is 5.91 Å². The van der Waals surface area contributed by atoms with Crippen molar-refractivity contribution in [2.75, 3.05) is 32.7 Å². The van der Waals surface area contributed by atoms with Gasteiger partial charge in [0, 0.05) is 32.7 Å². The van der Waals surface area contributed by atoms with Crippen molar-refractivity contribution in [3.63, 3.8) is 0 Å². The lowest BCUT2D eigenvalue weighted by Gasteiger charge is -2.41. The zero-order valence-corrected chi connectivity index (χ0v) is 17.7. The molecule has 1 aliphatic heterocycles. The van der Waals surface area contributed by atoms with E-state index in [1.54, 1.807) is 17.0 Å². The minimum Gasteiger partial charge on any atom is -0.354 e. The Morgan fingerprint density at radius 1 is 1.14 bits per heavy atom. The topological polar surface area (TPSA) is 52.7 Å². The summed E-state index contributed by atoms with van der Waals surface area (Å²) in [4.78, 5) is 29.7. The second-order valence-electron chi connectivity index (χ2n) is 8.56. The van der Waals surface area contributed by atoms with Crippen LogP contribution in [-0.4, -0.2) is 60.4 Å². The molecule has 160 valence electrons. The molecular formula is C23H34FN3O2. The highest BCUT2D eigenvalue weighted by Gasteiger charge is 2.37. The van der Waals surface area contributed by atoms with Gasteiger partial charge in [-0.15, -0.1) is 0 Å². The molecule has 1 aromatic carbocycles. The maximum Gasteiger partial charge on any atom is 0.256 e. The zero-order chi connectivity index (χ0) is 20.8. The van der Waals surface area contributed by atoms with Crippen molar-refractivity contribution >= 4 is 11.8 Å². The number of carbonyl (C=O) groups is 2. The number of halogens is 1. The Labute approximate surface area is 173 Å². The van der Waals surface area contributed by atoms with Gasteiger partial charge in [-0.25, -0.2) is 4.39 Å². The Kier molecular flexibility index (Phi) is 7.64. The Morgan fingerprint density at radius 3 is 2.41 bits per heavy atom. The number of piperazine rings is 1. The number of amides is 2. The fourth-order valence-electron chi connectivity index (χ4n) is 4.48. The molecule has 1 heterocycles. The van der Waals surface area contributed by atoms with Gasteiger partial charge in [-0.3, -0.25) is 14.5 Å². The minimum absolute atomic E-state index is 0.118. The first-order valence-electron chi connectivity index (χ1n) is 11.1. The summed E-state index contributed by atoms with van der Waals surface area (Å²) >= 11 is 0. The molecule has 2 aliphatic rings. The molecule has 6 heteroatoms. The predicted molar refractivity (Wildman–Crippen MR) is 112 cm³/mol. The van der Waals surface area contributed by atoms with Crippen LogP contribution in [0.1, 0.15) is 56.3 Å². The lowest BCUT2D eigenvalue weighted by molar-refractivity contribution is -0.129. The summed E-state index contributed by atoms with van der Waals surface area (Å²) in [5.74, 6) is 0.250. The minimum atomic E-state index is -0.479. The molecule has 1 aromatic rings. The van der Waals surface area contributed by atoms with E-state index in [4.69, 9.17) is 0 Å². The molecule has 0 aromatic heterocycles. The summed E-state index contributed by atoms with van der Waals surface area (Å²) in [5, 5.41) is 3.16. The molecule has 1 saturated heterocycles. The highest BCUT2D eigenvalue weighted by molar-refractivity contribution is 5.94. The highest BCUT2D eigenvalue weighted by Crippen LogP contribution is 2.31.